The quantitative estimate of drug-likeness (QED) is 0.843. The maximum atomic E-state index is 11.7. The fourth-order valence-corrected chi connectivity index (χ4v) is 3.10. The maximum absolute atomic E-state index is 11.7. The molecule has 3 rings (SSSR count). The molecule has 1 aliphatic heterocycles. The molecule has 0 bridgehead atoms. The van der Waals surface area contributed by atoms with Gasteiger partial charge in [0.15, 0.2) is 12.1 Å². The average Bonchev–Trinajstić information content (AvgIpc) is 3.16. The van der Waals surface area contributed by atoms with Crippen molar-refractivity contribution in [2.45, 2.75) is 38.6 Å². The van der Waals surface area contributed by atoms with E-state index in [9.17, 15) is 5.11 Å². The van der Waals surface area contributed by atoms with E-state index >= 15 is 0 Å². The van der Waals surface area contributed by atoms with Crippen LogP contribution in [-0.4, -0.2) is 39.8 Å². The largest absolute Gasteiger partial charge is 0.380 e. The van der Waals surface area contributed by atoms with E-state index in [0.717, 1.165) is 18.4 Å². The molecule has 1 unspecified atom stereocenters. The first-order valence-electron chi connectivity index (χ1n) is 8.63. The monoisotopic (exact) mass is 343 g/mol. The fraction of sp³-hybridized carbons (Fsp3) is 0.474. The molecule has 1 fully saturated rings. The predicted molar refractivity (Wildman–Crippen MR) is 94.5 cm³/mol. The molecule has 2 N–H and O–H groups in total. The lowest BCUT2D eigenvalue weighted by Gasteiger charge is -2.47. The number of benzene rings is 1. The number of aromatic amines is 1. The van der Waals surface area contributed by atoms with Crippen LogP contribution in [0, 0.1) is 5.41 Å². The molecule has 25 heavy (non-hydrogen) atoms. The van der Waals surface area contributed by atoms with E-state index in [4.69, 9.17) is 9.47 Å². The van der Waals surface area contributed by atoms with E-state index < -0.39 is 11.0 Å². The minimum absolute atomic E-state index is 0.199. The summed E-state index contributed by atoms with van der Waals surface area (Å²) in [5.41, 5.74) is -1.12. The van der Waals surface area contributed by atoms with Crippen molar-refractivity contribution in [2.24, 2.45) is 5.41 Å². The molecule has 0 aliphatic carbocycles. The van der Waals surface area contributed by atoms with Crippen molar-refractivity contribution >= 4 is 6.08 Å². The highest BCUT2D eigenvalue weighted by molar-refractivity contribution is 5.45. The first kappa shape index (κ1) is 17.8. The van der Waals surface area contributed by atoms with Crippen molar-refractivity contribution in [2.75, 3.05) is 13.2 Å². The third kappa shape index (κ3) is 3.66. The zero-order chi connectivity index (χ0) is 17.8. The highest BCUT2D eigenvalue weighted by Crippen LogP contribution is 2.44. The summed E-state index contributed by atoms with van der Waals surface area (Å²) in [5.74, 6) is 0.513. The first-order valence-corrected chi connectivity index (χ1v) is 8.63. The van der Waals surface area contributed by atoms with Crippen molar-refractivity contribution in [3.63, 3.8) is 0 Å². The van der Waals surface area contributed by atoms with Gasteiger partial charge in [0.05, 0.1) is 18.6 Å². The average molecular weight is 343 g/mol. The fourth-order valence-electron chi connectivity index (χ4n) is 3.10. The van der Waals surface area contributed by atoms with Crippen LogP contribution < -0.4 is 0 Å². The van der Waals surface area contributed by atoms with Crippen molar-refractivity contribution in [1.29, 1.82) is 0 Å². The van der Waals surface area contributed by atoms with Crippen molar-refractivity contribution < 1.29 is 14.6 Å². The summed E-state index contributed by atoms with van der Waals surface area (Å²) in [6.07, 6.45) is 6.60. The molecule has 1 atom stereocenters. The molecular weight excluding hydrogens is 318 g/mol. The summed E-state index contributed by atoms with van der Waals surface area (Å²) in [6.45, 7) is 4.88. The Bertz CT molecular complexity index is 679. The van der Waals surface area contributed by atoms with Gasteiger partial charge in [0.25, 0.3) is 0 Å². The smallest absolute Gasteiger partial charge is 0.173 e. The zero-order valence-electron chi connectivity index (χ0n) is 14.7. The number of ether oxygens (including phenoxy) is 2. The summed E-state index contributed by atoms with van der Waals surface area (Å²) in [6, 6.07) is 9.57. The van der Waals surface area contributed by atoms with Crippen LogP contribution in [0.25, 0.3) is 6.08 Å². The molecule has 6 heteroatoms. The van der Waals surface area contributed by atoms with Crippen LogP contribution in [0.4, 0.5) is 0 Å². The van der Waals surface area contributed by atoms with Gasteiger partial charge in [0.1, 0.15) is 11.9 Å². The Hall–Kier alpha value is -2.02. The number of H-pyrrole nitrogens is 1. The molecule has 1 aromatic carbocycles. The number of nitrogens with one attached hydrogen (secondary N) is 1. The number of rotatable bonds is 6. The Kier molecular flexibility index (Phi) is 5.32. The van der Waals surface area contributed by atoms with Gasteiger partial charge < -0.3 is 14.6 Å². The maximum Gasteiger partial charge on any atom is 0.173 e. The lowest BCUT2D eigenvalue weighted by Crippen LogP contribution is -2.53. The van der Waals surface area contributed by atoms with Crippen LogP contribution in [0.15, 0.2) is 42.7 Å². The number of hydrogen-bond acceptors (Lipinski definition) is 5. The summed E-state index contributed by atoms with van der Waals surface area (Å²) in [4.78, 5) is 4.09. The second-order valence-electron chi connectivity index (χ2n) is 6.72. The van der Waals surface area contributed by atoms with Crippen LogP contribution in [0.1, 0.15) is 38.1 Å². The van der Waals surface area contributed by atoms with E-state index in [0.29, 0.717) is 19.0 Å². The van der Waals surface area contributed by atoms with Gasteiger partial charge in [-0.2, -0.15) is 5.10 Å². The lowest BCUT2D eigenvalue weighted by atomic mass is 9.69. The summed E-state index contributed by atoms with van der Waals surface area (Å²) in [5, 5.41) is 18.4. The molecule has 1 aromatic heterocycles. The van der Waals surface area contributed by atoms with Crippen LogP contribution in [0.5, 0.6) is 0 Å². The van der Waals surface area contributed by atoms with E-state index in [-0.39, 0.29) is 6.29 Å². The normalized spacial score (nSPS) is 26.6. The van der Waals surface area contributed by atoms with Gasteiger partial charge in [0.2, 0.25) is 0 Å². The van der Waals surface area contributed by atoms with Gasteiger partial charge in [-0.1, -0.05) is 50.6 Å². The molecule has 2 aromatic rings. The number of hydrogen-bond donors (Lipinski definition) is 2. The minimum Gasteiger partial charge on any atom is -0.380 e. The van der Waals surface area contributed by atoms with Gasteiger partial charge in [0, 0.05) is 0 Å². The number of aromatic nitrogens is 3. The van der Waals surface area contributed by atoms with Crippen molar-refractivity contribution in [1.82, 2.24) is 15.2 Å². The van der Waals surface area contributed by atoms with E-state index in [2.05, 4.69) is 22.1 Å². The Morgan fingerprint density at radius 1 is 1.32 bits per heavy atom. The third-order valence-corrected chi connectivity index (χ3v) is 4.74. The molecule has 134 valence electrons. The Morgan fingerprint density at radius 3 is 2.64 bits per heavy atom. The van der Waals surface area contributed by atoms with Crippen LogP contribution in [0.3, 0.4) is 0 Å². The number of aliphatic hydroxyl groups is 1. The van der Waals surface area contributed by atoms with Crippen LogP contribution in [-0.2, 0) is 15.1 Å². The minimum atomic E-state index is -1.27. The second-order valence-corrected chi connectivity index (χ2v) is 6.72. The summed E-state index contributed by atoms with van der Waals surface area (Å²) < 4.78 is 11.8. The lowest BCUT2D eigenvalue weighted by molar-refractivity contribution is -0.261. The second kappa shape index (κ2) is 7.47. The molecule has 1 aliphatic rings. The van der Waals surface area contributed by atoms with Crippen molar-refractivity contribution in [3.8, 4) is 0 Å². The van der Waals surface area contributed by atoms with E-state index in [1.165, 1.54) is 6.33 Å². The van der Waals surface area contributed by atoms with Crippen molar-refractivity contribution in [3.05, 3.63) is 54.1 Å². The Labute approximate surface area is 147 Å². The SMILES string of the molecule is CCCC1OCC(C)(C(O)(C=Cc2nc[nH]n2)c2ccccc2)CO1. The van der Waals surface area contributed by atoms with Gasteiger partial charge in [-0.25, -0.2) is 4.98 Å². The summed E-state index contributed by atoms with van der Waals surface area (Å²) >= 11 is 0. The highest BCUT2D eigenvalue weighted by Gasteiger charge is 2.49. The topological polar surface area (TPSA) is 80.3 Å². The molecule has 0 saturated carbocycles. The predicted octanol–water partition coefficient (Wildman–Crippen LogP) is 2.89. The highest BCUT2D eigenvalue weighted by atomic mass is 16.7. The molecule has 0 radical (unpaired) electrons. The van der Waals surface area contributed by atoms with Gasteiger partial charge in [-0.3, -0.25) is 5.10 Å². The van der Waals surface area contributed by atoms with E-state index in [1.807, 2.05) is 37.3 Å². The summed E-state index contributed by atoms with van der Waals surface area (Å²) in [7, 11) is 0. The Balaban J connectivity index is 1.91. The van der Waals surface area contributed by atoms with Crippen LogP contribution >= 0.6 is 0 Å². The molecule has 1 saturated heterocycles. The molecule has 2 heterocycles. The van der Waals surface area contributed by atoms with Gasteiger partial charge in [-0.05, 0) is 24.1 Å². The standard InChI is InChI=1S/C19H25N3O3/c1-3-7-17-24-12-18(2,13-25-17)19(23,15-8-5-4-6-9-15)11-10-16-20-14-21-22-16/h4-6,8-11,14,17,23H,3,7,12-13H2,1-2H3,(H,20,21,22). The molecule has 6 nitrogen and oxygen atoms in total. The molecule has 0 spiro atoms. The molecule has 0 amide bonds. The van der Waals surface area contributed by atoms with Gasteiger partial charge >= 0.3 is 0 Å². The zero-order valence-corrected chi connectivity index (χ0v) is 14.7. The number of nitrogens with zero attached hydrogens (tertiary/aromatic N) is 2. The first-order chi connectivity index (χ1) is 12.1. The molecular formula is C19H25N3O3. The Morgan fingerprint density at radius 2 is 2.04 bits per heavy atom. The van der Waals surface area contributed by atoms with Gasteiger partial charge in [-0.15, -0.1) is 0 Å². The van der Waals surface area contributed by atoms with E-state index in [1.54, 1.807) is 12.2 Å². The third-order valence-electron chi connectivity index (χ3n) is 4.74. The van der Waals surface area contributed by atoms with Crippen LogP contribution in [0.2, 0.25) is 0 Å².